The van der Waals surface area contributed by atoms with Crippen molar-refractivity contribution in [3.05, 3.63) is 0 Å². The van der Waals surface area contributed by atoms with Gasteiger partial charge in [-0.25, -0.2) is 0 Å². The van der Waals surface area contributed by atoms with Crippen LogP contribution in [0, 0.1) is 17.2 Å². The maximum Gasteiger partial charge on any atom is 0.268 e. The summed E-state index contributed by atoms with van der Waals surface area (Å²) >= 11 is 0. The predicted octanol–water partition coefficient (Wildman–Crippen LogP) is 0.422. The van der Waals surface area contributed by atoms with Crippen molar-refractivity contribution in [2.75, 3.05) is 0 Å². The van der Waals surface area contributed by atoms with Crippen LogP contribution in [0.25, 0.3) is 0 Å². The zero-order chi connectivity index (χ0) is 8.36. The lowest BCUT2D eigenvalue weighted by Gasteiger charge is -2.07. The minimum Gasteiger partial charge on any atom is -0.285 e. The van der Waals surface area contributed by atoms with E-state index in [1.807, 2.05) is 0 Å². The molecule has 5 heteroatoms. The van der Waals surface area contributed by atoms with Gasteiger partial charge in [-0.1, -0.05) is 0 Å². The lowest BCUT2D eigenvalue weighted by atomic mass is 10.1. The van der Waals surface area contributed by atoms with Gasteiger partial charge in [-0.3, -0.25) is 4.55 Å². The third-order valence-corrected chi connectivity index (χ3v) is 2.73. The van der Waals surface area contributed by atoms with Crippen LogP contribution in [-0.2, 0) is 10.1 Å². The van der Waals surface area contributed by atoms with Gasteiger partial charge < -0.3 is 0 Å². The van der Waals surface area contributed by atoms with Crippen LogP contribution in [-0.4, -0.2) is 18.2 Å². The fourth-order valence-corrected chi connectivity index (χ4v) is 0.940. The number of nitriles is 1. The van der Waals surface area contributed by atoms with E-state index in [2.05, 4.69) is 0 Å². The minimum atomic E-state index is -4.04. The topological polar surface area (TPSA) is 78.2 Å². The summed E-state index contributed by atoms with van der Waals surface area (Å²) in [7, 11) is -4.04. The van der Waals surface area contributed by atoms with Gasteiger partial charge in [0.25, 0.3) is 10.1 Å². The standard InChI is InChI=1S/C5H9NO3S/c1-4(3-6)5(2)10(7,8)9/h4-5H,1-2H3,(H,7,8,9). The molecule has 0 aliphatic carbocycles. The molecule has 0 aromatic carbocycles. The van der Waals surface area contributed by atoms with Crippen molar-refractivity contribution < 1.29 is 13.0 Å². The summed E-state index contributed by atoms with van der Waals surface area (Å²) in [6.07, 6.45) is 0. The number of hydrogen-bond acceptors (Lipinski definition) is 3. The molecule has 0 saturated carbocycles. The van der Waals surface area contributed by atoms with Crippen LogP contribution in [0.2, 0.25) is 0 Å². The summed E-state index contributed by atoms with van der Waals surface area (Å²) in [5.41, 5.74) is 0. The number of rotatable bonds is 2. The van der Waals surface area contributed by atoms with E-state index in [1.165, 1.54) is 13.8 Å². The average molecular weight is 163 g/mol. The molecule has 0 amide bonds. The van der Waals surface area contributed by atoms with Crippen molar-refractivity contribution in [2.24, 2.45) is 5.92 Å². The summed E-state index contributed by atoms with van der Waals surface area (Å²) in [5.74, 6) is -0.671. The highest BCUT2D eigenvalue weighted by Crippen LogP contribution is 2.08. The van der Waals surface area contributed by atoms with Gasteiger partial charge >= 0.3 is 0 Å². The second-order valence-corrected chi connectivity index (χ2v) is 3.91. The Morgan fingerprint density at radius 3 is 2.00 bits per heavy atom. The smallest absolute Gasteiger partial charge is 0.268 e. The zero-order valence-electron chi connectivity index (χ0n) is 5.77. The van der Waals surface area contributed by atoms with E-state index in [1.54, 1.807) is 6.07 Å². The van der Waals surface area contributed by atoms with Gasteiger partial charge in [0.1, 0.15) is 0 Å². The molecule has 0 bridgehead atoms. The van der Waals surface area contributed by atoms with Gasteiger partial charge in [-0.05, 0) is 13.8 Å². The Balaban J connectivity index is 4.42. The van der Waals surface area contributed by atoms with Gasteiger partial charge in [0.15, 0.2) is 0 Å². The molecule has 0 radical (unpaired) electrons. The normalized spacial score (nSPS) is 17.4. The van der Waals surface area contributed by atoms with Crippen molar-refractivity contribution in [1.82, 2.24) is 0 Å². The Morgan fingerprint density at radius 1 is 1.50 bits per heavy atom. The Bertz CT molecular complexity index is 238. The highest BCUT2D eigenvalue weighted by atomic mass is 32.2. The third kappa shape index (κ3) is 2.33. The van der Waals surface area contributed by atoms with Crippen LogP contribution in [0.5, 0.6) is 0 Å². The van der Waals surface area contributed by atoms with Gasteiger partial charge in [-0.15, -0.1) is 0 Å². The van der Waals surface area contributed by atoms with Crippen LogP contribution in [0.1, 0.15) is 13.8 Å². The number of nitrogens with zero attached hydrogens (tertiary/aromatic N) is 1. The summed E-state index contributed by atoms with van der Waals surface area (Å²) in [6.45, 7) is 2.74. The van der Waals surface area contributed by atoms with E-state index >= 15 is 0 Å². The van der Waals surface area contributed by atoms with E-state index in [0.717, 1.165) is 0 Å². The van der Waals surface area contributed by atoms with Gasteiger partial charge in [-0.2, -0.15) is 13.7 Å². The molecule has 0 aliphatic rings. The molecule has 1 N–H and O–H groups in total. The van der Waals surface area contributed by atoms with Crippen LogP contribution in [0.15, 0.2) is 0 Å². The molecule has 0 rings (SSSR count). The SMILES string of the molecule is CC(C#N)C(C)S(=O)(=O)O. The fourth-order valence-electron chi connectivity index (χ4n) is 0.363. The second-order valence-electron chi connectivity index (χ2n) is 2.14. The Labute approximate surface area is 60.2 Å². The van der Waals surface area contributed by atoms with E-state index in [4.69, 9.17) is 9.81 Å². The molecule has 2 atom stereocenters. The molecule has 2 unspecified atom stereocenters. The van der Waals surface area contributed by atoms with Gasteiger partial charge in [0.2, 0.25) is 0 Å². The predicted molar refractivity (Wildman–Crippen MR) is 35.8 cm³/mol. The molecule has 0 saturated heterocycles. The van der Waals surface area contributed by atoms with Gasteiger partial charge in [0.05, 0.1) is 17.2 Å². The van der Waals surface area contributed by atoms with Crippen molar-refractivity contribution >= 4 is 10.1 Å². The first-order chi connectivity index (χ1) is 4.39. The Hall–Kier alpha value is -0.600. The maximum absolute atomic E-state index is 10.3. The van der Waals surface area contributed by atoms with Crippen molar-refractivity contribution in [3.63, 3.8) is 0 Å². The van der Waals surface area contributed by atoms with Crippen LogP contribution < -0.4 is 0 Å². The highest BCUT2D eigenvalue weighted by Gasteiger charge is 2.23. The van der Waals surface area contributed by atoms with Crippen molar-refractivity contribution in [1.29, 1.82) is 5.26 Å². The zero-order valence-corrected chi connectivity index (χ0v) is 6.59. The lowest BCUT2D eigenvalue weighted by Crippen LogP contribution is -2.23. The summed E-state index contributed by atoms with van der Waals surface area (Å²) in [6, 6.07) is 1.73. The van der Waals surface area contributed by atoms with Crippen molar-refractivity contribution in [3.8, 4) is 6.07 Å². The summed E-state index contributed by atoms with van der Waals surface area (Å²) in [5, 5.41) is 7.24. The third-order valence-electron chi connectivity index (χ3n) is 1.38. The average Bonchev–Trinajstić information content (AvgIpc) is 1.83. The Morgan fingerprint density at radius 2 is 1.90 bits per heavy atom. The molecule has 0 fully saturated rings. The van der Waals surface area contributed by atoms with Crippen molar-refractivity contribution in [2.45, 2.75) is 19.1 Å². The fraction of sp³-hybridized carbons (Fsp3) is 0.800. The molecule has 0 heterocycles. The van der Waals surface area contributed by atoms with E-state index in [-0.39, 0.29) is 0 Å². The first-order valence-corrected chi connectivity index (χ1v) is 4.26. The Kier molecular flexibility index (Phi) is 2.81. The van der Waals surface area contributed by atoms with Gasteiger partial charge in [0, 0.05) is 0 Å². The molecule has 4 nitrogen and oxygen atoms in total. The molecule has 10 heavy (non-hydrogen) atoms. The summed E-state index contributed by atoms with van der Waals surface area (Å²) < 4.78 is 29.1. The van der Waals surface area contributed by atoms with Crippen LogP contribution >= 0.6 is 0 Å². The van der Waals surface area contributed by atoms with Crippen LogP contribution in [0.3, 0.4) is 0 Å². The molecule has 0 spiro atoms. The first-order valence-electron chi connectivity index (χ1n) is 2.75. The number of hydrogen-bond donors (Lipinski definition) is 1. The molecule has 0 aromatic rings. The first kappa shape index (κ1) is 9.40. The maximum atomic E-state index is 10.3. The van der Waals surface area contributed by atoms with E-state index in [9.17, 15) is 8.42 Å². The van der Waals surface area contributed by atoms with Crippen LogP contribution in [0.4, 0.5) is 0 Å². The van der Waals surface area contributed by atoms with E-state index < -0.39 is 21.3 Å². The molecular formula is C5H9NO3S. The molecule has 0 aromatic heterocycles. The van der Waals surface area contributed by atoms with E-state index in [0.29, 0.717) is 0 Å². The highest BCUT2D eigenvalue weighted by molar-refractivity contribution is 7.86. The largest absolute Gasteiger partial charge is 0.285 e. The molecule has 58 valence electrons. The minimum absolute atomic E-state index is 0.671. The summed E-state index contributed by atoms with van der Waals surface area (Å²) in [4.78, 5) is 0. The monoisotopic (exact) mass is 163 g/mol. The quantitative estimate of drug-likeness (QED) is 0.598. The molecule has 0 aliphatic heterocycles. The second kappa shape index (κ2) is 2.99. The molecular weight excluding hydrogens is 154 g/mol. The lowest BCUT2D eigenvalue weighted by molar-refractivity contribution is 0.458.